The van der Waals surface area contributed by atoms with E-state index in [4.69, 9.17) is 21.1 Å². The highest BCUT2D eigenvalue weighted by Crippen LogP contribution is 2.56. The van der Waals surface area contributed by atoms with Crippen LogP contribution in [-0.4, -0.2) is 62.9 Å². The van der Waals surface area contributed by atoms with Gasteiger partial charge in [0, 0.05) is 47.4 Å². The quantitative estimate of drug-likeness (QED) is 0.419. The predicted molar refractivity (Wildman–Crippen MR) is 144 cm³/mol. The van der Waals surface area contributed by atoms with Gasteiger partial charge in [-0.1, -0.05) is 22.9 Å². The molecule has 2 amide bonds. The van der Waals surface area contributed by atoms with E-state index in [-0.39, 0.29) is 28.5 Å². The molecule has 1 spiro atoms. The summed E-state index contributed by atoms with van der Waals surface area (Å²) in [7, 11) is 1.54. The second-order valence-corrected chi connectivity index (χ2v) is 12.3. The maximum absolute atomic E-state index is 13.3. The summed E-state index contributed by atoms with van der Waals surface area (Å²) >= 11 is 7.50. The van der Waals surface area contributed by atoms with Gasteiger partial charge in [-0.25, -0.2) is 9.78 Å². The fraction of sp³-hybridized carbons (Fsp3) is 0.462. The minimum atomic E-state index is -0.498. The Kier molecular flexibility index (Phi) is 6.77. The molecule has 4 heterocycles. The van der Waals surface area contributed by atoms with Crippen LogP contribution in [0.25, 0.3) is 11.1 Å². The number of hydrogen-bond donors (Lipinski definition) is 1. The van der Waals surface area contributed by atoms with Gasteiger partial charge in [0.1, 0.15) is 21.5 Å². The summed E-state index contributed by atoms with van der Waals surface area (Å²) in [5, 5.41) is 13.0. The fourth-order valence-corrected chi connectivity index (χ4v) is 6.00. The number of hydrogen-bond acceptors (Lipinski definition) is 9. The Bertz CT molecular complexity index is 1390. The van der Waals surface area contributed by atoms with Gasteiger partial charge in [-0.2, -0.15) is 0 Å². The molecular formula is C26H29ClN6O4S. The Balaban J connectivity index is 1.24. The van der Waals surface area contributed by atoms with E-state index in [0.29, 0.717) is 40.7 Å². The normalized spacial score (nSPS) is 16.5. The molecule has 1 saturated carbocycles. The molecule has 38 heavy (non-hydrogen) atoms. The van der Waals surface area contributed by atoms with Gasteiger partial charge in [0.25, 0.3) is 5.91 Å². The van der Waals surface area contributed by atoms with Crippen LogP contribution in [0.4, 0.5) is 9.93 Å². The van der Waals surface area contributed by atoms with Crippen molar-refractivity contribution >= 4 is 40.1 Å². The van der Waals surface area contributed by atoms with Crippen LogP contribution in [0.15, 0.2) is 24.5 Å². The molecular weight excluding hydrogens is 528 g/mol. The average Bonchev–Trinajstić information content (AvgIpc) is 3.23. The highest BCUT2D eigenvalue weighted by Gasteiger charge is 2.55. The number of nitrogens with zero attached hydrogens (tertiary/aromatic N) is 5. The number of likely N-dealkylation sites (tertiary alicyclic amines) is 1. The molecule has 3 aromatic heterocycles. The zero-order valence-electron chi connectivity index (χ0n) is 21.9. The first-order chi connectivity index (χ1) is 17.9. The van der Waals surface area contributed by atoms with E-state index in [1.807, 2.05) is 33.8 Å². The average molecular weight is 557 g/mol. The van der Waals surface area contributed by atoms with Crippen LogP contribution < -0.4 is 10.1 Å². The van der Waals surface area contributed by atoms with Crippen molar-refractivity contribution in [3.63, 3.8) is 0 Å². The lowest BCUT2D eigenvalue weighted by molar-refractivity contribution is -0.0786. The first-order valence-corrected chi connectivity index (χ1v) is 13.4. The second-order valence-electron chi connectivity index (χ2n) is 10.9. The van der Waals surface area contributed by atoms with E-state index in [0.717, 1.165) is 23.5 Å². The van der Waals surface area contributed by atoms with Crippen molar-refractivity contribution in [2.45, 2.75) is 52.1 Å². The van der Waals surface area contributed by atoms with Gasteiger partial charge in [-0.3, -0.25) is 15.1 Å². The van der Waals surface area contributed by atoms with Crippen molar-refractivity contribution < 1.29 is 19.1 Å². The van der Waals surface area contributed by atoms with Crippen LogP contribution in [-0.2, 0) is 4.74 Å². The Hall–Kier alpha value is -3.31. The number of carbonyl (C=O) groups is 2. The summed E-state index contributed by atoms with van der Waals surface area (Å²) in [6, 6.07) is 3.47. The zero-order chi connectivity index (χ0) is 27.2. The Morgan fingerprint density at radius 1 is 1.13 bits per heavy atom. The number of pyridine rings is 2. The molecule has 1 aliphatic carbocycles. The molecule has 1 N–H and O–H groups in total. The van der Waals surface area contributed by atoms with Crippen LogP contribution in [0, 0.1) is 12.3 Å². The smallest absolute Gasteiger partial charge is 0.410 e. The summed E-state index contributed by atoms with van der Waals surface area (Å²) in [6.07, 6.45) is 4.65. The highest BCUT2D eigenvalue weighted by molar-refractivity contribution is 7.15. The van der Waals surface area contributed by atoms with Crippen LogP contribution in [0.2, 0.25) is 5.15 Å². The van der Waals surface area contributed by atoms with Crippen LogP contribution in [0.1, 0.15) is 60.6 Å². The molecule has 5 rings (SSSR count). The third-order valence-electron chi connectivity index (χ3n) is 6.70. The molecule has 1 saturated heterocycles. The Morgan fingerprint density at radius 3 is 2.55 bits per heavy atom. The van der Waals surface area contributed by atoms with Crippen molar-refractivity contribution in [1.29, 1.82) is 0 Å². The molecule has 12 heteroatoms. The second kappa shape index (κ2) is 9.77. The summed E-state index contributed by atoms with van der Waals surface area (Å²) in [4.78, 5) is 35.7. The molecule has 200 valence electrons. The molecule has 1 aliphatic heterocycles. The first-order valence-electron chi connectivity index (χ1n) is 12.2. The number of amides is 2. The molecule has 2 fully saturated rings. The van der Waals surface area contributed by atoms with Crippen molar-refractivity contribution in [2.24, 2.45) is 5.41 Å². The number of carbonyl (C=O) groups excluding carboxylic acids is 2. The van der Waals surface area contributed by atoms with E-state index >= 15 is 0 Å². The summed E-state index contributed by atoms with van der Waals surface area (Å²) in [5.41, 5.74) is 1.99. The topological polar surface area (TPSA) is 119 Å². The first kappa shape index (κ1) is 26.3. The number of anilines is 1. The minimum Gasteiger partial charge on any atom is -0.494 e. The van der Waals surface area contributed by atoms with E-state index < -0.39 is 5.60 Å². The number of aryl methyl sites for hydroxylation is 1. The molecule has 2 aliphatic rings. The number of aromatic nitrogens is 4. The Labute approximate surface area is 229 Å². The van der Waals surface area contributed by atoms with Gasteiger partial charge < -0.3 is 14.4 Å². The maximum atomic E-state index is 13.3. The van der Waals surface area contributed by atoms with Crippen molar-refractivity contribution in [3.8, 4) is 16.9 Å². The van der Waals surface area contributed by atoms with Gasteiger partial charge in [0.2, 0.25) is 5.13 Å². The summed E-state index contributed by atoms with van der Waals surface area (Å²) < 4.78 is 10.9. The SMILES string of the molecule is COc1cnc(Cl)cc1-c1cc(C)ncc1C(=O)Nc1nnc(C2CC3(C2)CN(C(=O)OC(C)(C)C)C3)s1. The van der Waals surface area contributed by atoms with E-state index in [1.54, 1.807) is 11.0 Å². The van der Waals surface area contributed by atoms with Crippen molar-refractivity contribution in [1.82, 2.24) is 25.1 Å². The van der Waals surface area contributed by atoms with E-state index in [9.17, 15) is 9.59 Å². The molecule has 0 bridgehead atoms. The maximum Gasteiger partial charge on any atom is 0.410 e. The van der Waals surface area contributed by atoms with Crippen LogP contribution in [0.5, 0.6) is 5.75 Å². The largest absolute Gasteiger partial charge is 0.494 e. The molecule has 0 atom stereocenters. The molecule has 0 aromatic carbocycles. The van der Waals surface area contributed by atoms with Crippen molar-refractivity contribution in [3.05, 3.63) is 45.9 Å². The van der Waals surface area contributed by atoms with Gasteiger partial charge in [0.15, 0.2) is 0 Å². The third kappa shape index (κ3) is 5.30. The van der Waals surface area contributed by atoms with Crippen LogP contribution in [0.3, 0.4) is 0 Å². The monoisotopic (exact) mass is 556 g/mol. The number of halogens is 1. The lowest BCUT2D eigenvalue weighted by Crippen LogP contribution is -2.63. The molecule has 0 unspecified atom stereocenters. The summed E-state index contributed by atoms with van der Waals surface area (Å²) in [5.74, 6) is 0.397. The van der Waals surface area contributed by atoms with Crippen LogP contribution >= 0.6 is 22.9 Å². The fourth-order valence-electron chi connectivity index (χ4n) is 5.01. The van der Waals surface area contributed by atoms with E-state index in [1.165, 1.54) is 30.8 Å². The molecule has 3 aromatic rings. The third-order valence-corrected chi connectivity index (χ3v) is 7.91. The Morgan fingerprint density at radius 2 is 1.87 bits per heavy atom. The van der Waals surface area contributed by atoms with Gasteiger partial charge in [0.05, 0.1) is 18.9 Å². The van der Waals surface area contributed by atoms with Gasteiger partial charge >= 0.3 is 6.09 Å². The summed E-state index contributed by atoms with van der Waals surface area (Å²) in [6.45, 7) is 8.85. The lowest BCUT2D eigenvalue weighted by Gasteiger charge is -2.58. The lowest BCUT2D eigenvalue weighted by atomic mass is 9.58. The van der Waals surface area contributed by atoms with E-state index in [2.05, 4.69) is 25.5 Å². The number of rotatable bonds is 5. The highest BCUT2D eigenvalue weighted by atomic mass is 35.5. The van der Waals surface area contributed by atoms with Gasteiger partial charge in [-0.05, 0) is 52.7 Å². The molecule has 10 nitrogen and oxygen atoms in total. The standard InChI is InChI=1S/C26H29ClN6O4S/c1-14-6-16(17-7-20(27)29-11-19(17)36-5)18(10-28-14)21(34)30-23-32-31-22(38-23)15-8-26(9-15)12-33(13-26)24(35)37-25(2,3)4/h6-7,10-11,15H,8-9,12-13H2,1-5H3,(H,30,32,34). The molecule has 0 radical (unpaired) electrons. The number of nitrogens with one attached hydrogen (secondary N) is 1. The van der Waals surface area contributed by atoms with Crippen molar-refractivity contribution in [2.75, 3.05) is 25.5 Å². The zero-order valence-corrected chi connectivity index (χ0v) is 23.4. The number of ether oxygens (including phenoxy) is 2. The van der Waals surface area contributed by atoms with Gasteiger partial charge in [-0.15, -0.1) is 10.2 Å². The minimum absolute atomic E-state index is 0.129. The number of methoxy groups -OCH3 is 1. The predicted octanol–water partition coefficient (Wildman–Crippen LogP) is 5.33.